The fourth-order valence-electron chi connectivity index (χ4n) is 1.11. The average Bonchev–Trinajstić information content (AvgIpc) is 2.08. The van der Waals surface area contributed by atoms with Crippen molar-refractivity contribution in [1.29, 1.82) is 0 Å². The van der Waals surface area contributed by atoms with Crippen LogP contribution in [0.2, 0.25) is 0 Å². The molecule has 1 atom stereocenters. The first-order valence-corrected chi connectivity index (χ1v) is 4.04. The Labute approximate surface area is 83.3 Å². The zero-order valence-electron chi connectivity index (χ0n) is 7.77. The topological polar surface area (TPSA) is 46.2 Å². The lowest BCUT2D eigenvalue weighted by molar-refractivity contribution is -0.149. The normalized spacial score (nSPS) is 14.0. The van der Waals surface area contributed by atoms with Crippen molar-refractivity contribution >= 4 is 0 Å². The molecule has 15 heavy (non-hydrogen) atoms. The molecule has 0 bridgehead atoms. The smallest absolute Gasteiger partial charge is 0.407 e. The van der Waals surface area contributed by atoms with Gasteiger partial charge in [-0.25, -0.2) is 4.39 Å². The second-order valence-corrected chi connectivity index (χ2v) is 3.18. The molecule has 2 nitrogen and oxygen atoms in total. The van der Waals surface area contributed by atoms with Gasteiger partial charge in [-0.15, -0.1) is 0 Å². The highest BCUT2D eigenvalue weighted by Crippen LogP contribution is 2.35. The Hall–Kier alpha value is -1.30. The van der Waals surface area contributed by atoms with Gasteiger partial charge in [0.25, 0.3) is 0 Å². The van der Waals surface area contributed by atoms with Crippen LogP contribution in [0.4, 0.5) is 17.6 Å². The largest absolute Gasteiger partial charge is 0.508 e. The quantitative estimate of drug-likeness (QED) is 0.718. The van der Waals surface area contributed by atoms with Crippen LogP contribution in [0.15, 0.2) is 12.1 Å². The fourth-order valence-corrected chi connectivity index (χ4v) is 1.11. The molecule has 0 unspecified atom stereocenters. The summed E-state index contributed by atoms with van der Waals surface area (Å²) in [4.78, 5) is 0. The Morgan fingerprint density at radius 1 is 1.33 bits per heavy atom. The van der Waals surface area contributed by atoms with Crippen LogP contribution < -0.4 is 5.73 Å². The summed E-state index contributed by atoms with van der Waals surface area (Å²) >= 11 is 0. The highest BCUT2D eigenvalue weighted by molar-refractivity contribution is 5.39. The van der Waals surface area contributed by atoms with Crippen LogP contribution in [0, 0.1) is 12.7 Å². The van der Waals surface area contributed by atoms with E-state index in [1.165, 1.54) is 6.92 Å². The molecule has 1 aromatic rings. The lowest BCUT2D eigenvalue weighted by Gasteiger charge is -2.17. The van der Waals surface area contributed by atoms with Crippen molar-refractivity contribution in [3.05, 3.63) is 29.1 Å². The molecule has 0 aliphatic heterocycles. The maximum Gasteiger partial charge on any atom is 0.407 e. The highest BCUT2D eigenvalue weighted by Gasteiger charge is 2.39. The molecule has 84 valence electrons. The van der Waals surface area contributed by atoms with Crippen LogP contribution in [0.1, 0.15) is 17.2 Å². The number of rotatable bonds is 1. The van der Waals surface area contributed by atoms with E-state index in [1.807, 2.05) is 0 Å². The van der Waals surface area contributed by atoms with Crippen LogP contribution in [0.25, 0.3) is 0 Å². The third-order valence-electron chi connectivity index (χ3n) is 2.00. The summed E-state index contributed by atoms with van der Waals surface area (Å²) in [7, 11) is 0. The zero-order valence-corrected chi connectivity index (χ0v) is 7.77. The number of phenolic OH excluding ortho intramolecular Hbond substituents is 1. The van der Waals surface area contributed by atoms with Crippen molar-refractivity contribution < 1.29 is 22.7 Å². The predicted molar refractivity (Wildman–Crippen MR) is 45.8 cm³/mol. The zero-order chi connectivity index (χ0) is 11.8. The average molecular weight is 223 g/mol. The summed E-state index contributed by atoms with van der Waals surface area (Å²) in [5.74, 6) is -1.48. The van der Waals surface area contributed by atoms with E-state index in [4.69, 9.17) is 5.73 Å². The molecular weight excluding hydrogens is 214 g/mol. The molecule has 0 aliphatic rings. The first-order valence-electron chi connectivity index (χ1n) is 4.04. The Balaban J connectivity index is 3.21. The lowest BCUT2D eigenvalue weighted by atomic mass is 10.0. The van der Waals surface area contributed by atoms with Crippen molar-refractivity contribution in [2.45, 2.75) is 19.1 Å². The summed E-state index contributed by atoms with van der Waals surface area (Å²) < 4.78 is 49.5. The van der Waals surface area contributed by atoms with Gasteiger partial charge in [0, 0.05) is 5.56 Å². The van der Waals surface area contributed by atoms with Gasteiger partial charge in [0.2, 0.25) is 0 Å². The van der Waals surface area contributed by atoms with Gasteiger partial charge in [0.1, 0.15) is 17.6 Å². The van der Waals surface area contributed by atoms with E-state index >= 15 is 0 Å². The Kier molecular flexibility index (Phi) is 2.90. The van der Waals surface area contributed by atoms with Gasteiger partial charge in [0.05, 0.1) is 0 Å². The molecule has 0 aromatic heterocycles. The van der Waals surface area contributed by atoms with Gasteiger partial charge in [-0.3, -0.25) is 0 Å². The number of hydrogen-bond donors (Lipinski definition) is 2. The van der Waals surface area contributed by atoms with E-state index in [1.54, 1.807) is 0 Å². The van der Waals surface area contributed by atoms with Crippen LogP contribution in [-0.2, 0) is 0 Å². The molecule has 0 heterocycles. The van der Waals surface area contributed by atoms with E-state index in [0.29, 0.717) is 6.07 Å². The minimum absolute atomic E-state index is 0.0608. The first-order chi connectivity index (χ1) is 6.73. The monoisotopic (exact) mass is 223 g/mol. The van der Waals surface area contributed by atoms with E-state index in [-0.39, 0.29) is 5.56 Å². The van der Waals surface area contributed by atoms with Crippen molar-refractivity contribution in [3.8, 4) is 5.75 Å². The molecule has 0 fully saturated rings. The molecule has 1 rings (SSSR count). The SMILES string of the molecule is Cc1cc(O)c([C@@H](N)C(F)(F)F)cc1F. The first kappa shape index (κ1) is 11.8. The maximum atomic E-state index is 13.0. The Morgan fingerprint density at radius 3 is 2.33 bits per heavy atom. The number of aromatic hydroxyl groups is 1. The second-order valence-electron chi connectivity index (χ2n) is 3.18. The van der Waals surface area contributed by atoms with Crippen LogP contribution in [0.3, 0.4) is 0 Å². The molecule has 0 spiro atoms. The molecule has 0 amide bonds. The van der Waals surface area contributed by atoms with Gasteiger partial charge >= 0.3 is 6.18 Å². The number of phenols is 1. The summed E-state index contributed by atoms with van der Waals surface area (Å²) in [5.41, 5.74) is 4.24. The Bertz CT molecular complexity index is 375. The standard InChI is InChI=1S/C9H9F4NO/c1-4-2-7(15)5(3-6(4)10)8(14)9(11,12)13/h2-3,8,15H,14H2,1H3/t8-/m1/s1. The molecule has 3 N–H and O–H groups in total. The van der Waals surface area contributed by atoms with E-state index in [2.05, 4.69) is 0 Å². The third kappa shape index (κ3) is 2.38. The van der Waals surface area contributed by atoms with Crippen molar-refractivity contribution in [1.82, 2.24) is 0 Å². The van der Waals surface area contributed by atoms with Gasteiger partial charge in [-0.2, -0.15) is 13.2 Å². The number of hydrogen-bond acceptors (Lipinski definition) is 2. The summed E-state index contributed by atoms with van der Waals surface area (Å²) in [6.45, 7) is 1.33. The minimum Gasteiger partial charge on any atom is -0.508 e. The van der Waals surface area contributed by atoms with Crippen molar-refractivity contribution in [2.24, 2.45) is 5.73 Å². The summed E-state index contributed by atoms with van der Waals surface area (Å²) in [6.07, 6.45) is -4.71. The summed E-state index contributed by atoms with van der Waals surface area (Å²) in [6, 6.07) is -0.869. The number of halogens is 4. The van der Waals surface area contributed by atoms with Crippen LogP contribution in [0.5, 0.6) is 5.75 Å². The number of nitrogens with two attached hydrogens (primary N) is 1. The Morgan fingerprint density at radius 2 is 1.87 bits per heavy atom. The fraction of sp³-hybridized carbons (Fsp3) is 0.333. The molecule has 0 aliphatic carbocycles. The van der Waals surface area contributed by atoms with E-state index in [0.717, 1.165) is 6.07 Å². The second kappa shape index (κ2) is 3.69. The van der Waals surface area contributed by atoms with Crippen LogP contribution >= 0.6 is 0 Å². The van der Waals surface area contributed by atoms with E-state index in [9.17, 15) is 22.7 Å². The van der Waals surface area contributed by atoms with Gasteiger partial charge in [-0.05, 0) is 24.6 Å². The van der Waals surface area contributed by atoms with Gasteiger partial charge in [0.15, 0.2) is 0 Å². The van der Waals surface area contributed by atoms with Gasteiger partial charge in [-0.1, -0.05) is 0 Å². The van der Waals surface area contributed by atoms with E-state index < -0.39 is 29.3 Å². The minimum atomic E-state index is -4.71. The molecule has 6 heteroatoms. The highest BCUT2D eigenvalue weighted by atomic mass is 19.4. The third-order valence-corrected chi connectivity index (χ3v) is 2.00. The molecular formula is C9H9F4NO. The van der Waals surface area contributed by atoms with Crippen molar-refractivity contribution in [3.63, 3.8) is 0 Å². The number of alkyl halides is 3. The maximum absolute atomic E-state index is 13.0. The lowest BCUT2D eigenvalue weighted by Crippen LogP contribution is -2.28. The van der Waals surface area contributed by atoms with Crippen molar-refractivity contribution in [2.75, 3.05) is 0 Å². The van der Waals surface area contributed by atoms with Crippen LogP contribution in [-0.4, -0.2) is 11.3 Å². The molecule has 0 radical (unpaired) electrons. The molecule has 0 saturated carbocycles. The number of aryl methyl sites for hydroxylation is 1. The summed E-state index contributed by atoms with van der Waals surface area (Å²) in [5, 5.41) is 9.20. The number of benzene rings is 1. The predicted octanol–water partition coefficient (Wildman–Crippen LogP) is 2.40. The molecule has 0 saturated heterocycles. The molecule has 1 aromatic carbocycles. The van der Waals surface area contributed by atoms with Gasteiger partial charge < -0.3 is 10.8 Å².